The summed E-state index contributed by atoms with van der Waals surface area (Å²) >= 11 is 0. The molecule has 1 N–H and O–H groups in total. The van der Waals surface area contributed by atoms with Crippen LogP contribution in [0.15, 0.2) is 54.7 Å². The molecule has 1 saturated heterocycles. The van der Waals surface area contributed by atoms with Crippen molar-refractivity contribution in [3.05, 3.63) is 77.4 Å². The normalized spacial score (nSPS) is 16.1. The molecule has 0 radical (unpaired) electrons. The molecule has 1 amide bonds. The third kappa shape index (κ3) is 5.51. The second-order valence-corrected chi connectivity index (χ2v) is 8.46. The lowest BCUT2D eigenvalue weighted by Gasteiger charge is -2.15. The van der Waals surface area contributed by atoms with Crippen molar-refractivity contribution in [2.45, 2.75) is 44.9 Å². The summed E-state index contributed by atoms with van der Waals surface area (Å²) in [6.07, 6.45) is 3.80. The molecule has 4 rings (SSSR count). The first-order valence-corrected chi connectivity index (χ1v) is 11.0. The first kappa shape index (κ1) is 21.1. The predicted molar refractivity (Wildman–Crippen MR) is 120 cm³/mol. The number of pyridine rings is 1. The highest BCUT2D eigenvalue weighted by atomic mass is 16.5. The SMILES string of the molecule is CC(C)c1ccc(OCCc2cc(C3CCN(C(=O)Cc4ccccn4)C3)n[nH]2)cc1. The average molecular weight is 419 g/mol. The van der Waals surface area contributed by atoms with Gasteiger partial charge < -0.3 is 9.64 Å². The Labute approximate surface area is 183 Å². The largest absolute Gasteiger partial charge is 0.493 e. The Morgan fingerprint density at radius 1 is 1.23 bits per heavy atom. The van der Waals surface area contributed by atoms with E-state index in [2.05, 4.69) is 47.2 Å². The molecule has 3 aromatic rings. The van der Waals surface area contributed by atoms with Crippen molar-refractivity contribution >= 4 is 5.91 Å². The van der Waals surface area contributed by atoms with E-state index in [9.17, 15) is 4.79 Å². The molecule has 6 heteroatoms. The maximum atomic E-state index is 12.6. The summed E-state index contributed by atoms with van der Waals surface area (Å²) in [7, 11) is 0. The van der Waals surface area contributed by atoms with E-state index in [1.807, 2.05) is 35.2 Å². The molecule has 1 aliphatic heterocycles. The number of benzene rings is 1. The van der Waals surface area contributed by atoms with Crippen LogP contribution in [0.5, 0.6) is 5.75 Å². The topological polar surface area (TPSA) is 71.1 Å². The minimum Gasteiger partial charge on any atom is -0.493 e. The number of nitrogens with zero attached hydrogens (tertiary/aromatic N) is 3. The molecule has 1 aromatic carbocycles. The van der Waals surface area contributed by atoms with Gasteiger partial charge in [0.1, 0.15) is 5.75 Å². The quantitative estimate of drug-likeness (QED) is 0.598. The number of hydrogen-bond acceptors (Lipinski definition) is 4. The van der Waals surface area contributed by atoms with Crippen molar-refractivity contribution in [2.24, 2.45) is 0 Å². The summed E-state index contributed by atoms with van der Waals surface area (Å²) in [5.41, 5.74) is 4.23. The van der Waals surface area contributed by atoms with E-state index in [1.54, 1.807) is 6.20 Å². The molecule has 1 aliphatic rings. The maximum absolute atomic E-state index is 12.6. The van der Waals surface area contributed by atoms with Gasteiger partial charge in [0.2, 0.25) is 5.91 Å². The van der Waals surface area contributed by atoms with Crippen LogP contribution >= 0.6 is 0 Å². The van der Waals surface area contributed by atoms with Crippen LogP contribution in [0.2, 0.25) is 0 Å². The van der Waals surface area contributed by atoms with Crippen molar-refractivity contribution in [3.8, 4) is 5.75 Å². The Morgan fingerprint density at radius 2 is 2.06 bits per heavy atom. The highest BCUT2D eigenvalue weighted by molar-refractivity contribution is 5.78. The summed E-state index contributed by atoms with van der Waals surface area (Å²) in [6.45, 7) is 6.46. The highest BCUT2D eigenvalue weighted by Gasteiger charge is 2.29. The number of aromatic nitrogens is 3. The Kier molecular flexibility index (Phi) is 6.65. The standard InChI is InChI=1S/C25H30N4O2/c1-18(2)19-6-8-23(9-7-19)31-14-11-22-15-24(28-27-22)20-10-13-29(17-20)25(30)16-21-5-3-4-12-26-21/h3-9,12,15,18,20H,10-11,13-14,16-17H2,1-2H3,(H,27,28). The molecule has 2 aromatic heterocycles. The molecule has 31 heavy (non-hydrogen) atoms. The number of H-pyrrole nitrogens is 1. The smallest absolute Gasteiger partial charge is 0.228 e. The van der Waals surface area contributed by atoms with Gasteiger partial charge in [-0.3, -0.25) is 14.9 Å². The summed E-state index contributed by atoms with van der Waals surface area (Å²) in [4.78, 5) is 18.8. The summed E-state index contributed by atoms with van der Waals surface area (Å²) in [6, 6.07) is 16.1. The summed E-state index contributed by atoms with van der Waals surface area (Å²) < 4.78 is 5.88. The summed E-state index contributed by atoms with van der Waals surface area (Å²) in [5, 5.41) is 7.64. The first-order chi connectivity index (χ1) is 15.1. The fourth-order valence-electron chi connectivity index (χ4n) is 3.94. The van der Waals surface area contributed by atoms with Gasteiger partial charge in [-0.15, -0.1) is 0 Å². The number of ether oxygens (including phenoxy) is 1. The number of aromatic amines is 1. The van der Waals surface area contributed by atoms with Gasteiger partial charge in [0, 0.05) is 43.0 Å². The number of amides is 1. The van der Waals surface area contributed by atoms with Crippen molar-refractivity contribution in [1.29, 1.82) is 0 Å². The molecule has 0 aliphatic carbocycles. The van der Waals surface area contributed by atoms with Gasteiger partial charge in [-0.1, -0.05) is 32.0 Å². The second-order valence-electron chi connectivity index (χ2n) is 8.46. The lowest BCUT2D eigenvalue weighted by atomic mass is 10.0. The minimum absolute atomic E-state index is 0.133. The monoisotopic (exact) mass is 418 g/mol. The molecular weight excluding hydrogens is 388 g/mol. The van der Waals surface area contributed by atoms with Crippen LogP contribution in [0.4, 0.5) is 0 Å². The zero-order chi connectivity index (χ0) is 21.6. The minimum atomic E-state index is 0.133. The second kappa shape index (κ2) is 9.77. The zero-order valence-electron chi connectivity index (χ0n) is 18.3. The van der Waals surface area contributed by atoms with Crippen LogP contribution in [-0.2, 0) is 17.6 Å². The number of nitrogens with one attached hydrogen (secondary N) is 1. The van der Waals surface area contributed by atoms with Gasteiger partial charge in [-0.2, -0.15) is 5.10 Å². The number of carbonyl (C=O) groups excluding carboxylic acids is 1. The molecule has 6 nitrogen and oxygen atoms in total. The van der Waals surface area contributed by atoms with Crippen LogP contribution in [-0.4, -0.2) is 45.7 Å². The number of carbonyl (C=O) groups is 1. The molecule has 0 bridgehead atoms. The molecule has 1 fully saturated rings. The lowest BCUT2D eigenvalue weighted by Crippen LogP contribution is -2.30. The molecule has 1 atom stereocenters. The van der Waals surface area contributed by atoms with Crippen molar-refractivity contribution in [3.63, 3.8) is 0 Å². The fourth-order valence-corrected chi connectivity index (χ4v) is 3.94. The van der Waals surface area contributed by atoms with Gasteiger partial charge in [-0.05, 0) is 48.2 Å². The highest BCUT2D eigenvalue weighted by Crippen LogP contribution is 2.27. The van der Waals surface area contributed by atoms with E-state index in [0.29, 0.717) is 25.5 Å². The Bertz CT molecular complexity index is 982. The fraction of sp³-hybridized carbons (Fsp3) is 0.400. The van der Waals surface area contributed by atoms with Crippen molar-refractivity contribution in [2.75, 3.05) is 19.7 Å². The molecule has 1 unspecified atom stereocenters. The molecular formula is C25H30N4O2. The van der Waals surface area contributed by atoms with Crippen molar-refractivity contribution < 1.29 is 9.53 Å². The number of likely N-dealkylation sites (tertiary alicyclic amines) is 1. The van der Waals surface area contributed by atoms with Gasteiger partial charge >= 0.3 is 0 Å². The number of rotatable bonds is 8. The predicted octanol–water partition coefficient (Wildman–Crippen LogP) is 4.11. The molecule has 0 saturated carbocycles. The zero-order valence-corrected chi connectivity index (χ0v) is 18.3. The number of hydrogen-bond donors (Lipinski definition) is 1. The van der Waals surface area contributed by atoms with E-state index in [1.165, 1.54) is 5.56 Å². The first-order valence-electron chi connectivity index (χ1n) is 11.0. The Balaban J connectivity index is 1.24. The summed E-state index contributed by atoms with van der Waals surface area (Å²) in [5.74, 6) is 1.83. The third-order valence-electron chi connectivity index (χ3n) is 5.86. The van der Waals surface area contributed by atoms with Gasteiger partial charge in [0.05, 0.1) is 18.7 Å². The van der Waals surface area contributed by atoms with E-state index < -0.39 is 0 Å². The van der Waals surface area contributed by atoms with E-state index in [-0.39, 0.29) is 11.8 Å². The van der Waals surface area contributed by atoms with Crippen LogP contribution in [0, 0.1) is 0 Å². The van der Waals surface area contributed by atoms with E-state index in [4.69, 9.17) is 4.74 Å². The molecule has 0 spiro atoms. The molecule has 162 valence electrons. The molecule has 3 heterocycles. The lowest BCUT2D eigenvalue weighted by molar-refractivity contribution is -0.129. The van der Waals surface area contributed by atoms with Crippen molar-refractivity contribution in [1.82, 2.24) is 20.1 Å². The average Bonchev–Trinajstić information content (AvgIpc) is 3.45. The van der Waals surface area contributed by atoms with Crippen LogP contribution in [0.3, 0.4) is 0 Å². The van der Waals surface area contributed by atoms with Crippen LogP contribution in [0.25, 0.3) is 0 Å². The van der Waals surface area contributed by atoms with Gasteiger partial charge in [-0.25, -0.2) is 0 Å². The van der Waals surface area contributed by atoms with Crippen LogP contribution in [0.1, 0.15) is 54.7 Å². The Hall–Kier alpha value is -3.15. The van der Waals surface area contributed by atoms with E-state index in [0.717, 1.165) is 42.2 Å². The van der Waals surface area contributed by atoms with E-state index >= 15 is 0 Å². The van der Waals surface area contributed by atoms with Gasteiger partial charge in [0.15, 0.2) is 0 Å². The van der Waals surface area contributed by atoms with Gasteiger partial charge in [0.25, 0.3) is 0 Å². The van der Waals surface area contributed by atoms with Crippen LogP contribution < -0.4 is 4.74 Å². The third-order valence-corrected chi connectivity index (χ3v) is 5.86. The maximum Gasteiger partial charge on any atom is 0.228 e. The Morgan fingerprint density at radius 3 is 2.81 bits per heavy atom.